The number of piperidine rings is 4. The van der Waals surface area contributed by atoms with Crippen LogP contribution in [0.2, 0.25) is 0 Å². The minimum Gasteiger partial charge on any atom is -0.342 e. The Bertz CT molecular complexity index is 1650. The quantitative estimate of drug-likeness (QED) is 0.179. The van der Waals surface area contributed by atoms with Gasteiger partial charge in [0.1, 0.15) is 15.7 Å². The number of likely N-dealkylation sites (tertiary alicyclic amines) is 4. The van der Waals surface area contributed by atoms with E-state index in [2.05, 4.69) is 88.0 Å². The maximum atomic E-state index is 13.1. The van der Waals surface area contributed by atoms with Crippen LogP contribution >= 0.6 is 23.2 Å². The van der Waals surface area contributed by atoms with Crippen molar-refractivity contribution in [1.29, 1.82) is 0 Å². The van der Waals surface area contributed by atoms with Crippen molar-refractivity contribution < 1.29 is 36.7 Å². The zero-order chi connectivity index (χ0) is 50.4. The van der Waals surface area contributed by atoms with E-state index in [1.807, 2.05) is 4.90 Å². The largest absolute Gasteiger partial charge is 0.342 e. The van der Waals surface area contributed by atoms with Crippen LogP contribution in [0.5, 0.6) is 0 Å². The highest BCUT2D eigenvalue weighted by atomic mass is 35.5. The molecule has 67 heavy (non-hydrogen) atoms. The fourth-order valence-corrected chi connectivity index (χ4v) is 12.0. The lowest BCUT2D eigenvalue weighted by atomic mass is 9.86. The molecule has 14 heteroatoms. The first-order valence-electron chi connectivity index (χ1n) is 26.1. The van der Waals surface area contributed by atoms with Gasteiger partial charge in [-0.15, -0.1) is 23.2 Å². The van der Waals surface area contributed by atoms with Gasteiger partial charge in [0, 0.05) is 71.1 Å². The topological polar surface area (TPSA) is 81.2 Å². The third-order valence-corrected chi connectivity index (χ3v) is 19.2. The molecule has 8 rings (SSSR count). The lowest BCUT2D eigenvalue weighted by Crippen LogP contribution is -2.44. The first-order valence-corrected chi connectivity index (χ1v) is 26.9. The van der Waals surface area contributed by atoms with Crippen molar-refractivity contribution in [2.75, 3.05) is 52.4 Å². The van der Waals surface area contributed by atoms with Crippen LogP contribution in [0.4, 0.5) is 17.6 Å². The number of halogens is 6. The number of alkyl halides is 6. The zero-order valence-corrected chi connectivity index (χ0v) is 45.0. The summed E-state index contributed by atoms with van der Waals surface area (Å²) in [5.41, 5.74) is -1.05. The normalized spacial score (nSPS) is 29.9. The standard InChI is InChI=1S/C16H29NO.C13H21F2NO.C12H19Cl2NO.C12H19F2NO/c1-11(2)12-7-9-17(10-8-12)14(18)13-15(3,4)16(13,5)6;1-9(2)10-4-6-16(7-5-10)11(17)12(3)8-13(12,14)15;2*1-8(2)9-3-5-15(6-4-9)11(16)10-7-12(10,13)14/h11-13H,7-10H2,1-6H3;9-10H,4-8H2,1-3H3;2*8-10H,3-7H2,1-2H3. The first kappa shape index (κ1) is 56.1. The van der Waals surface area contributed by atoms with E-state index in [9.17, 15) is 36.7 Å². The van der Waals surface area contributed by atoms with Crippen molar-refractivity contribution in [1.82, 2.24) is 19.6 Å². The summed E-state index contributed by atoms with van der Waals surface area (Å²) >= 11 is 11.8. The molecule has 4 heterocycles. The lowest BCUT2D eigenvalue weighted by Gasteiger charge is -2.35. The van der Waals surface area contributed by atoms with Crippen LogP contribution in [0, 0.1) is 81.3 Å². The molecule has 0 radical (unpaired) electrons. The van der Waals surface area contributed by atoms with Gasteiger partial charge in [-0.05, 0) is 123 Å². The average molecular weight is 992 g/mol. The molecular weight excluding hydrogens is 904 g/mol. The summed E-state index contributed by atoms with van der Waals surface area (Å²) in [6.45, 7) is 34.5. The molecule has 4 saturated heterocycles. The van der Waals surface area contributed by atoms with E-state index in [4.69, 9.17) is 23.2 Å². The van der Waals surface area contributed by atoms with Gasteiger partial charge in [-0.1, -0.05) is 83.1 Å². The number of carbonyl (C=O) groups excluding carboxylic acids is 4. The van der Waals surface area contributed by atoms with Gasteiger partial charge >= 0.3 is 0 Å². The third kappa shape index (κ3) is 13.0. The van der Waals surface area contributed by atoms with Crippen molar-refractivity contribution in [3.8, 4) is 0 Å². The van der Waals surface area contributed by atoms with Crippen LogP contribution in [-0.2, 0) is 19.2 Å². The maximum Gasteiger partial charge on any atom is 0.263 e. The molecular formula is C53H88Cl2F4N4O4. The van der Waals surface area contributed by atoms with Crippen LogP contribution in [-0.4, -0.2) is 112 Å². The molecule has 8 nitrogen and oxygen atoms in total. The van der Waals surface area contributed by atoms with Crippen molar-refractivity contribution in [3.63, 3.8) is 0 Å². The highest BCUT2D eigenvalue weighted by Crippen LogP contribution is 2.69. The summed E-state index contributed by atoms with van der Waals surface area (Å²) < 4.78 is 51.0. The highest BCUT2D eigenvalue weighted by molar-refractivity contribution is 6.52. The molecule has 0 N–H and O–H groups in total. The van der Waals surface area contributed by atoms with Crippen molar-refractivity contribution in [2.45, 2.75) is 177 Å². The Hall–Kier alpha value is -1.82. The van der Waals surface area contributed by atoms with Crippen molar-refractivity contribution >= 4 is 46.8 Å². The van der Waals surface area contributed by atoms with Crippen LogP contribution < -0.4 is 0 Å². The molecule has 4 aliphatic carbocycles. The molecule has 0 spiro atoms. The Balaban J connectivity index is 0.000000167. The van der Waals surface area contributed by atoms with Gasteiger partial charge in [0.05, 0.1) is 5.92 Å². The van der Waals surface area contributed by atoms with Crippen LogP contribution in [0.25, 0.3) is 0 Å². The SMILES string of the molecule is CC(C)C1CCN(C(=O)C2(C)CC2(F)F)CC1.CC(C)C1CCN(C(=O)C2C(C)(C)C2(C)C)CC1.CC(C)C1CCN(C(=O)C2CC2(Cl)Cl)CC1.CC(C)C1CCN(C(=O)C2CC2(F)F)CC1. The maximum absolute atomic E-state index is 13.1. The smallest absolute Gasteiger partial charge is 0.263 e. The molecule has 0 aromatic rings. The number of hydrogen-bond donors (Lipinski definition) is 0. The summed E-state index contributed by atoms with van der Waals surface area (Å²) in [5, 5.41) is 0. The third-order valence-electron chi connectivity index (χ3n) is 18.4. The highest BCUT2D eigenvalue weighted by Gasteiger charge is 2.73. The number of hydrogen-bond acceptors (Lipinski definition) is 4. The average Bonchev–Trinajstić information content (AvgIpc) is 4.23. The Morgan fingerprint density at radius 2 is 0.716 bits per heavy atom. The molecule has 0 aromatic heterocycles. The summed E-state index contributed by atoms with van der Waals surface area (Å²) in [5.74, 6) is -0.944. The Morgan fingerprint density at radius 1 is 0.463 bits per heavy atom. The van der Waals surface area contributed by atoms with E-state index in [1.165, 1.54) is 19.8 Å². The predicted molar refractivity (Wildman–Crippen MR) is 261 cm³/mol. The Kier molecular flexibility index (Phi) is 17.7. The molecule has 4 amide bonds. The van der Waals surface area contributed by atoms with Crippen LogP contribution in [0.3, 0.4) is 0 Å². The molecule has 4 saturated carbocycles. The van der Waals surface area contributed by atoms with Crippen LogP contribution in [0.15, 0.2) is 0 Å². The van der Waals surface area contributed by atoms with Gasteiger partial charge in [-0.2, -0.15) is 0 Å². The van der Waals surface area contributed by atoms with E-state index < -0.39 is 27.5 Å². The molecule has 386 valence electrons. The van der Waals surface area contributed by atoms with E-state index in [1.54, 1.807) is 9.80 Å². The van der Waals surface area contributed by atoms with E-state index in [0.29, 0.717) is 62.2 Å². The fourth-order valence-electron chi connectivity index (χ4n) is 11.5. The van der Waals surface area contributed by atoms with Gasteiger partial charge in [0.15, 0.2) is 0 Å². The molecule has 8 fully saturated rings. The minimum atomic E-state index is -2.78. The second kappa shape index (κ2) is 21.1. The van der Waals surface area contributed by atoms with Crippen molar-refractivity contribution in [3.05, 3.63) is 0 Å². The predicted octanol–water partition coefficient (Wildman–Crippen LogP) is 12.1. The van der Waals surface area contributed by atoms with Gasteiger partial charge < -0.3 is 19.6 Å². The van der Waals surface area contributed by atoms with E-state index >= 15 is 0 Å². The summed E-state index contributed by atoms with van der Waals surface area (Å²) in [6, 6.07) is 0. The molecule has 0 aromatic carbocycles. The molecule has 4 aliphatic heterocycles. The fraction of sp³-hybridized carbons (Fsp3) is 0.925. The van der Waals surface area contributed by atoms with Gasteiger partial charge in [-0.25, -0.2) is 17.6 Å². The summed E-state index contributed by atoms with van der Waals surface area (Å²) in [7, 11) is 0. The number of carbonyl (C=O) groups is 4. The number of nitrogens with zero attached hydrogens (tertiary/aromatic N) is 4. The number of amides is 4. The number of rotatable bonds is 8. The first-order chi connectivity index (χ1) is 30.8. The Labute approximate surface area is 412 Å². The van der Waals surface area contributed by atoms with Crippen LogP contribution in [0.1, 0.15) is 161 Å². The van der Waals surface area contributed by atoms with Gasteiger partial charge in [0.2, 0.25) is 23.6 Å². The van der Waals surface area contributed by atoms with Crippen molar-refractivity contribution in [2.24, 2.45) is 81.3 Å². The minimum absolute atomic E-state index is 0.147. The molecule has 3 atom stereocenters. The zero-order valence-electron chi connectivity index (χ0n) is 43.5. The van der Waals surface area contributed by atoms with Gasteiger partial charge in [0.25, 0.3) is 11.8 Å². The summed E-state index contributed by atoms with van der Waals surface area (Å²) in [6.07, 6.45) is 8.55. The van der Waals surface area contributed by atoms with E-state index in [0.717, 1.165) is 88.4 Å². The lowest BCUT2D eigenvalue weighted by molar-refractivity contribution is -0.142. The van der Waals surface area contributed by atoms with Gasteiger partial charge in [-0.3, -0.25) is 19.2 Å². The molecule has 3 unspecified atom stereocenters. The molecule has 0 bridgehead atoms. The monoisotopic (exact) mass is 991 g/mol. The Morgan fingerprint density at radius 3 is 0.940 bits per heavy atom. The molecule has 8 aliphatic rings. The second-order valence-electron chi connectivity index (χ2n) is 24.7. The summed E-state index contributed by atoms with van der Waals surface area (Å²) in [4.78, 5) is 55.7. The second-order valence-corrected chi connectivity index (χ2v) is 26.3. The van der Waals surface area contributed by atoms with E-state index in [-0.39, 0.29) is 53.2 Å².